The predicted molar refractivity (Wildman–Crippen MR) is 68.9 cm³/mol. The number of benzene rings is 2. The van der Waals surface area contributed by atoms with Gasteiger partial charge in [0.2, 0.25) is 6.41 Å². The number of aromatic nitrogens is 1. The first-order valence-electron chi connectivity index (χ1n) is 5.37. The number of anilines is 1. The molecule has 0 saturated carbocycles. The molecule has 17 heavy (non-hydrogen) atoms. The van der Waals surface area contributed by atoms with Crippen molar-refractivity contribution in [3.05, 3.63) is 48.7 Å². The van der Waals surface area contributed by atoms with Crippen LogP contribution >= 0.6 is 0 Å². The summed E-state index contributed by atoms with van der Waals surface area (Å²) in [4.78, 5) is 14.9. The molecule has 0 bridgehead atoms. The Balaban J connectivity index is 2.43. The SMILES string of the molecule is O=CNc1cccc2c1ccc1ncccc12. The third-order valence-electron chi connectivity index (χ3n) is 2.86. The topological polar surface area (TPSA) is 42.0 Å². The summed E-state index contributed by atoms with van der Waals surface area (Å²) in [5, 5.41) is 5.94. The smallest absolute Gasteiger partial charge is 0.211 e. The number of amides is 1. The standard InChI is InChI=1S/C14H10N2O/c17-9-16-13-5-1-3-10-11-4-2-8-15-14(11)7-6-12(10)13/h1-9H,(H,16,17). The molecule has 0 saturated heterocycles. The van der Waals surface area contributed by atoms with Crippen LogP contribution in [0.25, 0.3) is 21.7 Å². The molecule has 3 aromatic rings. The van der Waals surface area contributed by atoms with E-state index in [0.29, 0.717) is 6.41 Å². The molecule has 2 aromatic carbocycles. The number of fused-ring (bicyclic) bond motifs is 3. The van der Waals surface area contributed by atoms with Gasteiger partial charge < -0.3 is 5.32 Å². The van der Waals surface area contributed by atoms with E-state index >= 15 is 0 Å². The van der Waals surface area contributed by atoms with Crippen LogP contribution in [0, 0.1) is 0 Å². The zero-order valence-electron chi connectivity index (χ0n) is 9.05. The van der Waals surface area contributed by atoms with Gasteiger partial charge in [0.1, 0.15) is 0 Å². The first kappa shape index (κ1) is 9.78. The highest BCUT2D eigenvalue weighted by Gasteiger charge is 2.03. The predicted octanol–water partition coefficient (Wildman–Crippen LogP) is 2.96. The first-order chi connectivity index (χ1) is 8.40. The van der Waals surface area contributed by atoms with Gasteiger partial charge in [0.25, 0.3) is 0 Å². The van der Waals surface area contributed by atoms with Gasteiger partial charge in [-0.25, -0.2) is 0 Å². The Morgan fingerprint density at radius 2 is 1.82 bits per heavy atom. The quantitative estimate of drug-likeness (QED) is 0.535. The van der Waals surface area contributed by atoms with Gasteiger partial charge in [0.15, 0.2) is 0 Å². The van der Waals surface area contributed by atoms with Crippen molar-refractivity contribution in [1.29, 1.82) is 0 Å². The first-order valence-corrected chi connectivity index (χ1v) is 5.37. The van der Waals surface area contributed by atoms with Crippen molar-refractivity contribution in [1.82, 2.24) is 4.98 Å². The van der Waals surface area contributed by atoms with Gasteiger partial charge in [0.05, 0.1) is 5.52 Å². The molecule has 1 amide bonds. The van der Waals surface area contributed by atoms with E-state index in [1.807, 2.05) is 42.5 Å². The van der Waals surface area contributed by atoms with Gasteiger partial charge in [-0.1, -0.05) is 24.3 Å². The molecule has 0 aliphatic heterocycles. The molecular weight excluding hydrogens is 212 g/mol. The number of hydrogen-bond acceptors (Lipinski definition) is 2. The van der Waals surface area contributed by atoms with E-state index in [2.05, 4.69) is 10.3 Å². The summed E-state index contributed by atoms with van der Waals surface area (Å²) in [7, 11) is 0. The highest BCUT2D eigenvalue weighted by Crippen LogP contribution is 2.28. The molecule has 3 nitrogen and oxygen atoms in total. The molecule has 0 fully saturated rings. The Labute approximate surface area is 98.1 Å². The maximum absolute atomic E-state index is 10.6. The summed E-state index contributed by atoms with van der Waals surface area (Å²) in [6.45, 7) is 0. The molecule has 0 radical (unpaired) electrons. The van der Waals surface area contributed by atoms with Gasteiger partial charge >= 0.3 is 0 Å². The second-order valence-corrected chi connectivity index (χ2v) is 3.80. The molecule has 0 unspecified atom stereocenters. The lowest BCUT2D eigenvalue weighted by atomic mass is 10.0. The molecule has 82 valence electrons. The summed E-state index contributed by atoms with van der Waals surface area (Å²) >= 11 is 0. The Hall–Kier alpha value is -2.42. The molecule has 3 heteroatoms. The highest BCUT2D eigenvalue weighted by atomic mass is 16.1. The third-order valence-corrected chi connectivity index (χ3v) is 2.86. The summed E-state index contributed by atoms with van der Waals surface area (Å²) in [6, 6.07) is 13.8. The monoisotopic (exact) mass is 222 g/mol. The van der Waals surface area contributed by atoms with Crippen molar-refractivity contribution >= 4 is 33.8 Å². The van der Waals surface area contributed by atoms with Crippen LogP contribution in [-0.4, -0.2) is 11.4 Å². The Bertz CT molecular complexity index is 707. The van der Waals surface area contributed by atoms with Crippen LogP contribution in [0.5, 0.6) is 0 Å². The van der Waals surface area contributed by atoms with Gasteiger partial charge in [-0.15, -0.1) is 0 Å². The van der Waals surface area contributed by atoms with E-state index in [9.17, 15) is 4.79 Å². The van der Waals surface area contributed by atoms with Crippen molar-refractivity contribution in [3.8, 4) is 0 Å². The van der Waals surface area contributed by atoms with E-state index in [1.165, 1.54) is 0 Å². The lowest BCUT2D eigenvalue weighted by molar-refractivity contribution is -0.105. The Morgan fingerprint density at radius 3 is 2.71 bits per heavy atom. The minimum atomic E-state index is 0.697. The second kappa shape index (κ2) is 3.87. The van der Waals surface area contributed by atoms with E-state index < -0.39 is 0 Å². The molecule has 1 heterocycles. The zero-order chi connectivity index (χ0) is 11.7. The Morgan fingerprint density at radius 1 is 0.941 bits per heavy atom. The fourth-order valence-electron chi connectivity index (χ4n) is 2.11. The average Bonchev–Trinajstić information content (AvgIpc) is 2.39. The molecule has 0 atom stereocenters. The Kier molecular flexibility index (Phi) is 2.22. The van der Waals surface area contributed by atoms with Crippen LogP contribution < -0.4 is 5.32 Å². The average molecular weight is 222 g/mol. The second-order valence-electron chi connectivity index (χ2n) is 3.80. The fraction of sp³-hybridized carbons (Fsp3) is 0. The van der Waals surface area contributed by atoms with E-state index in [-0.39, 0.29) is 0 Å². The number of pyridine rings is 1. The summed E-state index contributed by atoms with van der Waals surface area (Å²) < 4.78 is 0. The third kappa shape index (κ3) is 1.52. The molecule has 3 rings (SSSR count). The number of rotatable bonds is 2. The number of hydrogen-bond donors (Lipinski definition) is 1. The molecule has 1 N–H and O–H groups in total. The van der Waals surface area contributed by atoms with Crippen molar-refractivity contribution in [3.63, 3.8) is 0 Å². The van der Waals surface area contributed by atoms with Gasteiger partial charge in [-0.3, -0.25) is 9.78 Å². The van der Waals surface area contributed by atoms with Gasteiger partial charge in [0, 0.05) is 22.7 Å². The molecular formula is C14H10N2O. The van der Waals surface area contributed by atoms with E-state index in [1.54, 1.807) is 6.20 Å². The maximum Gasteiger partial charge on any atom is 0.211 e. The molecule has 1 aromatic heterocycles. The minimum absolute atomic E-state index is 0.697. The highest BCUT2D eigenvalue weighted by molar-refractivity contribution is 6.11. The van der Waals surface area contributed by atoms with Crippen molar-refractivity contribution in [2.24, 2.45) is 0 Å². The molecule has 0 aliphatic carbocycles. The minimum Gasteiger partial charge on any atom is -0.328 e. The van der Waals surface area contributed by atoms with E-state index in [0.717, 1.165) is 27.4 Å². The van der Waals surface area contributed by atoms with Crippen LogP contribution in [0.3, 0.4) is 0 Å². The fourth-order valence-corrected chi connectivity index (χ4v) is 2.11. The number of carbonyl (C=O) groups is 1. The van der Waals surface area contributed by atoms with Crippen LogP contribution in [-0.2, 0) is 4.79 Å². The molecule has 0 spiro atoms. The van der Waals surface area contributed by atoms with Crippen molar-refractivity contribution in [2.45, 2.75) is 0 Å². The summed E-state index contributed by atoms with van der Waals surface area (Å²) in [5.41, 5.74) is 1.78. The summed E-state index contributed by atoms with van der Waals surface area (Å²) in [6.07, 6.45) is 2.48. The normalized spacial score (nSPS) is 10.6. The maximum atomic E-state index is 10.6. The van der Waals surface area contributed by atoms with Crippen LogP contribution in [0.15, 0.2) is 48.7 Å². The summed E-state index contributed by atoms with van der Waals surface area (Å²) in [5.74, 6) is 0. The molecule has 0 aliphatic rings. The van der Waals surface area contributed by atoms with Crippen LogP contribution in [0.2, 0.25) is 0 Å². The zero-order valence-corrected chi connectivity index (χ0v) is 9.05. The van der Waals surface area contributed by atoms with Crippen molar-refractivity contribution < 1.29 is 4.79 Å². The van der Waals surface area contributed by atoms with Gasteiger partial charge in [-0.2, -0.15) is 0 Å². The van der Waals surface area contributed by atoms with Gasteiger partial charge in [-0.05, 0) is 23.6 Å². The van der Waals surface area contributed by atoms with Crippen molar-refractivity contribution in [2.75, 3.05) is 5.32 Å². The largest absolute Gasteiger partial charge is 0.328 e. The number of carbonyl (C=O) groups excluding carboxylic acids is 1. The van der Waals surface area contributed by atoms with E-state index in [4.69, 9.17) is 0 Å². The lowest BCUT2D eigenvalue weighted by Crippen LogP contribution is -1.94. The van der Waals surface area contributed by atoms with Crippen LogP contribution in [0.1, 0.15) is 0 Å². The lowest BCUT2D eigenvalue weighted by Gasteiger charge is -2.07. The number of nitrogens with one attached hydrogen (secondary N) is 1. The van der Waals surface area contributed by atoms with Crippen LogP contribution in [0.4, 0.5) is 5.69 Å². The number of nitrogens with zero attached hydrogens (tertiary/aromatic N) is 1.